The number of benzene rings is 2. The molecule has 0 radical (unpaired) electrons. The largest absolute Gasteiger partial charge is 0.452 e. The summed E-state index contributed by atoms with van der Waals surface area (Å²) in [6.07, 6.45) is 1.60. The third-order valence-electron chi connectivity index (χ3n) is 4.12. The SMILES string of the molecule is C[C@H](CNC(=O)COC(=O)c1c[nH]c2ccccc12)c1ccccc1. The van der Waals surface area contributed by atoms with Gasteiger partial charge in [-0.05, 0) is 17.5 Å². The standard InChI is InChI=1S/C20H20N2O3/c1-14(15-7-3-2-4-8-15)11-22-19(23)13-25-20(24)17-12-21-18-10-6-5-9-16(17)18/h2-10,12,14,21H,11,13H2,1H3,(H,22,23)/t14-/m1/s1. The van der Waals surface area contributed by atoms with E-state index in [1.165, 1.54) is 0 Å². The van der Waals surface area contributed by atoms with Crippen molar-refractivity contribution in [1.29, 1.82) is 0 Å². The number of ether oxygens (including phenoxy) is 1. The maximum atomic E-state index is 12.2. The molecule has 1 heterocycles. The van der Waals surface area contributed by atoms with Gasteiger partial charge in [0.1, 0.15) is 0 Å². The number of H-pyrrole nitrogens is 1. The third kappa shape index (κ3) is 4.07. The Labute approximate surface area is 146 Å². The molecule has 3 rings (SSSR count). The van der Waals surface area contributed by atoms with Crippen molar-refractivity contribution < 1.29 is 14.3 Å². The molecule has 1 amide bonds. The van der Waals surface area contributed by atoms with Gasteiger partial charge in [0.2, 0.25) is 0 Å². The summed E-state index contributed by atoms with van der Waals surface area (Å²) in [5, 5.41) is 3.58. The minimum atomic E-state index is -0.510. The van der Waals surface area contributed by atoms with Crippen LogP contribution in [-0.4, -0.2) is 30.0 Å². The van der Waals surface area contributed by atoms with Gasteiger partial charge in [0, 0.05) is 23.6 Å². The van der Waals surface area contributed by atoms with Gasteiger partial charge in [0.05, 0.1) is 5.56 Å². The van der Waals surface area contributed by atoms with Gasteiger partial charge in [-0.2, -0.15) is 0 Å². The fourth-order valence-corrected chi connectivity index (χ4v) is 2.67. The van der Waals surface area contributed by atoms with Gasteiger partial charge in [-0.1, -0.05) is 55.5 Å². The van der Waals surface area contributed by atoms with Crippen LogP contribution in [0.15, 0.2) is 60.8 Å². The first-order valence-electron chi connectivity index (χ1n) is 8.20. The first-order chi connectivity index (χ1) is 12.1. The molecule has 2 aromatic carbocycles. The van der Waals surface area contributed by atoms with Crippen molar-refractivity contribution >= 4 is 22.8 Å². The van der Waals surface area contributed by atoms with E-state index in [1.54, 1.807) is 6.20 Å². The highest BCUT2D eigenvalue weighted by Crippen LogP contribution is 2.18. The normalized spacial score (nSPS) is 11.9. The number of amides is 1. The lowest BCUT2D eigenvalue weighted by Crippen LogP contribution is -2.31. The smallest absolute Gasteiger partial charge is 0.340 e. The Morgan fingerprint density at radius 2 is 1.80 bits per heavy atom. The number of carbonyl (C=O) groups is 2. The zero-order chi connectivity index (χ0) is 17.6. The number of carbonyl (C=O) groups excluding carboxylic acids is 2. The van der Waals surface area contributed by atoms with Crippen molar-refractivity contribution in [1.82, 2.24) is 10.3 Å². The van der Waals surface area contributed by atoms with Gasteiger partial charge < -0.3 is 15.0 Å². The van der Waals surface area contributed by atoms with Crippen LogP contribution >= 0.6 is 0 Å². The molecule has 5 heteroatoms. The highest BCUT2D eigenvalue weighted by molar-refractivity contribution is 6.04. The van der Waals surface area contributed by atoms with Crippen molar-refractivity contribution in [2.75, 3.05) is 13.2 Å². The molecule has 0 saturated carbocycles. The molecule has 0 spiro atoms. The fourth-order valence-electron chi connectivity index (χ4n) is 2.67. The van der Waals surface area contributed by atoms with E-state index in [-0.39, 0.29) is 18.4 Å². The number of para-hydroxylation sites is 1. The quantitative estimate of drug-likeness (QED) is 0.679. The van der Waals surface area contributed by atoms with Gasteiger partial charge in [0.15, 0.2) is 6.61 Å². The molecule has 0 aliphatic carbocycles. The molecule has 0 bridgehead atoms. The number of fused-ring (bicyclic) bond motifs is 1. The average Bonchev–Trinajstić information content (AvgIpc) is 3.09. The molecule has 0 saturated heterocycles. The number of esters is 1. The van der Waals surface area contributed by atoms with Crippen molar-refractivity contribution in [3.63, 3.8) is 0 Å². The van der Waals surface area contributed by atoms with Crippen molar-refractivity contribution in [3.05, 3.63) is 71.9 Å². The Hall–Kier alpha value is -3.08. The van der Waals surface area contributed by atoms with E-state index in [0.717, 1.165) is 16.5 Å². The first-order valence-corrected chi connectivity index (χ1v) is 8.20. The fraction of sp³-hybridized carbons (Fsp3) is 0.200. The van der Waals surface area contributed by atoms with Gasteiger partial charge in [-0.15, -0.1) is 0 Å². The van der Waals surface area contributed by atoms with Crippen LogP contribution in [0.1, 0.15) is 28.8 Å². The molecule has 3 aromatic rings. The molecule has 0 aliphatic rings. The zero-order valence-corrected chi connectivity index (χ0v) is 14.0. The van der Waals surface area contributed by atoms with E-state index >= 15 is 0 Å². The van der Waals surface area contributed by atoms with Crippen LogP contribution in [0.25, 0.3) is 10.9 Å². The van der Waals surface area contributed by atoms with Crippen LogP contribution in [0, 0.1) is 0 Å². The van der Waals surface area contributed by atoms with Gasteiger partial charge in [-0.3, -0.25) is 4.79 Å². The van der Waals surface area contributed by atoms with E-state index in [0.29, 0.717) is 12.1 Å². The number of hydrogen-bond donors (Lipinski definition) is 2. The Morgan fingerprint density at radius 1 is 1.08 bits per heavy atom. The highest BCUT2D eigenvalue weighted by atomic mass is 16.5. The second-order valence-electron chi connectivity index (χ2n) is 5.94. The second-order valence-corrected chi connectivity index (χ2v) is 5.94. The summed E-state index contributed by atoms with van der Waals surface area (Å²) in [7, 11) is 0. The second kappa shape index (κ2) is 7.66. The molecule has 5 nitrogen and oxygen atoms in total. The van der Waals surface area contributed by atoms with Crippen LogP contribution in [0.2, 0.25) is 0 Å². The molecule has 1 atom stereocenters. The summed E-state index contributed by atoms with van der Waals surface area (Å²) in [4.78, 5) is 27.1. The number of aromatic nitrogens is 1. The van der Waals surface area contributed by atoms with Crippen molar-refractivity contribution in [2.24, 2.45) is 0 Å². The molecule has 0 aliphatic heterocycles. The van der Waals surface area contributed by atoms with E-state index in [4.69, 9.17) is 4.74 Å². The summed E-state index contributed by atoms with van der Waals surface area (Å²) in [5.41, 5.74) is 2.44. The van der Waals surface area contributed by atoms with E-state index < -0.39 is 5.97 Å². The Morgan fingerprint density at radius 3 is 2.60 bits per heavy atom. The molecule has 0 unspecified atom stereocenters. The van der Waals surface area contributed by atoms with Crippen LogP contribution in [0.4, 0.5) is 0 Å². The molecule has 128 valence electrons. The van der Waals surface area contributed by atoms with Gasteiger partial charge in [0.25, 0.3) is 5.91 Å². The average molecular weight is 336 g/mol. The third-order valence-corrected chi connectivity index (χ3v) is 4.12. The summed E-state index contributed by atoms with van der Waals surface area (Å²) in [6, 6.07) is 17.4. The van der Waals surface area contributed by atoms with E-state index in [2.05, 4.69) is 10.3 Å². The highest BCUT2D eigenvalue weighted by Gasteiger charge is 2.15. The van der Waals surface area contributed by atoms with Crippen LogP contribution in [0.3, 0.4) is 0 Å². The minimum absolute atomic E-state index is 0.189. The Bertz CT molecular complexity index is 871. The minimum Gasteiger partial charge on any atom is -0.452 e. The summed E-state index contributed by atoms with van der Waals surface area (Å²) in [5.74, 6) is -0.630. The number of rotatable bonds is 6. The van der Waals surface area contributed by atoms with Crippen LogP contribution < -0.4 is 5.32 Å². The molecule has 2 N–H and O–H groups in total. The van der Waals surface area contributed by atoms with Crippen LogP contribution in [0.5, 0.6) is 0 Å². The summed E-state index contributed by atoms with van der Waals surface area (Å²) >= 11 is 0. The number of hydrogen-bond acceptors (Lipinski definition) is 3. The molecule has 1 aromatic heterocycles. The van der Waals surface area contributed by atoms with Crippen molar-refractivity contribution in [3.8, 4) is 0 Å². The molecular formula is C20H20N2O3. The predicted molar refractivity (Wildman–Crippen MR) is 96.4 cm³/mol. The predicted octanol–water partition coefficient (Wildman–Crippen LogP) is 3.24. The maximum absolute atomic E-state index is 12.2. The Balaban J connectivity index is 1.50. The molecule has 0 fully saturated rings. The lowest BCUT2D eigenvalue weighted by atomic mass is 10.0. The first kappa shape index (κ1) is 16.8. The Kier molecular flexibility index (Phi) is 5.14. The summed E-state index contributed by atoms with van der Waals surface area (Å²) in [6.45, 7) is 2.24. The molecular weight excluding hydrogens is 316 g/mol. The van der Waals surface area contributed by atoms with Crippen LogP contribution in [-0.2, 0) is 9.53 Å². The summed E-state index contributed by atoms with van der Waals surface area (Å²) < 4.78 is 5.12. The monoisotopic (exact) mass is 336 g/mol. The number of aromatic amines is 1. The van der Waals surface area contributed by atoms with E-state index in [9.17, 15) is 9.59 Å². The lowest BCUT2D eigenvalue weighted by Gasteiger charge is -2.13. The maximum Gasteiger partial charge on any atom is 0.340 e. The number of nitrogens with one attached hydrogen (secondary N) is 2. The zero-order valence-electron chi connectivity index (χ0n) is 14.0. The topological polar surface area (TPSA) is 71.2 Å². The van der Waals surface area contributed by atoms with Crippen molar-refractivity contribution in [2.45, 2.75) is 12.8 Å². The van der Waals surface area contributed by atoms with Gasteiger partial charge >= 0.3 is 5.97 Å². The van der Waals surface area contributed by atoms with Gasteiger partial charge in [-0.25, -0.2) is 4.79 Å². The lowest BCUT2D eigenvalue weighted by molar-refractivity contribution is -0.124. The molecule has 25 heavy (non-hydrogen) atoms. The van der Waals surface area contributed by atoms with E-state index in [1.807, 2.05) is 61.5 Å².